The minimum atomic E-state index is -0.403. The third-order valence-corrected chi connectivity index (χ3v) is 6.90. The molecule has 0 radical (unpaired) electrons. The van der Waals surface area contributed by atoms with Crippen molar-refractivity contribution in [1.82, 2.24) is 4.90 Å². The molecule has 1 aromatic rings. The lowest BCUT2D eigenvalue weighted by molar-refractivity contribution is 0.00632. The standard InChI is InChI=1S/C26H41NO3/c1-27(2)15-9-4-5-11-20-17-21-19-25(29)26(23(21)18-20)24(28)14-8-10-16-30-22-12-6-3-7-13-22/h3,6-7,12-13,17,21,23-26,28-29H,4-5,8-11,14-16,18-19H2,1-2H3/t21-,23-,24+,25+,26-/m0/s1. The lowest BCUT2D eigenvalue weighted by Crippen LogP contribution is -2.32. The van der Waals surface area contributed by atoms with Gasteiger partial charge in [0, 0.05) is 5.92 Å². The number of aliphatic hydroxyl groups excluding tert-OH is 2. The molecule has 0 saturated heterocycles. The molecule has 0 heterocycles. The van der Waals surface area contributed by atoms with Crippen LogP contribution in [0.3, 0.4) is 0 Å². The van der Waals surface area contributed by atoms with Crippen molar-refractivity contribution in [2.24, 2.45) is 17.8 Å². The second-order valence-electron chi connectivity index (χ2n) is 9.58. The van der Waals surface area contributed by atoms with Crippen LogP contribution in [-0.2, 0) is 0 Å². The third-order valence-electron chi connectivity index (χ3n) is 6.90. The Kier molecular flexibility index (Phi) is 9.23. The van der Waals surface area contributed by atoms with Crippen molar-refractivity contribution in [2.75, 3.05) is 27.2 Å². The molecule has 2 aliphatic rings. The van der Waals surface area contributed by atoms with Crippen molar-refractivity contribution < 1.29 is 14.9 Å². The molecule has 0 aromatic heterocycles. The van der Waals surface area contributed by atoms with E-state index >= 15 is 0 Å². The van der Waals surface area contributed by atoms with Crippen molar-refractivity contribution in [2.45, 2.75) is 70.0 Å². The number of nitrogens with zero attached hydrogens (tertiary/aromatic N) is 1. The minimum absolute atomic E-state index is 0.0348. The lowest BCUT2D eigenvalue weighted by atomic mass is 9.83. The number of ether oxygens (including phenoxy) is 1. The van der Waals surface area contributed by atoms with Crippen LogP contribution in [0.4, 0.5) is 0 Å². The number of aliphatic hydroxyl groups is 2. The van der Waals surface area contributed by atoms with Gasteiger partial charge in [-0.25, -0.2) is 0 Å². The highest BCUT2D eigenvalue weighted by Crippen LogP contribution is 2.49. The fourth-order valence-electron chi connectivity index (χ4n) is 5.37. The molecule has 168 valence electrons. The van der Waals surface area contributed by atoms with E-state index in [0.29, 0.717) is 18.4 Å². The predicted molar refractivity (Wildman–Crippen MR) is 123 cm³/mol. The average molecular weight is 416 g/mol. The smallest absolute Gasteiger partial charge is 0.119 e. The highest BCUT2D eigenvalue weighted by Gasteiger charge is 2.47. The maximum Gasteiger partial charge on any atom is 0.119 e. The first kappa shape index (κ1) is 23.3. The van der Waals surface area contributed by atoms with E-state index in [4.69, 9.17) is 4.74 Å². The number of unbranched alkanes of at least 4 members (excludes halogenated alkanes) is 3. The Balaban J connectivity index is 1.35. The van der Waals surface area contributed by atoms with Crippen molar-refractivity contribution >= 4 is 0 Å². The summed E-state index contributed by atoms with van der Waals surface area (Å²) in [6.07, 6.45) is 11.2. The van der Waals surface area contributed by atoms with Crippen LogP contribution in [0.25, 0.3) is 0 Å². The van der Waals surface area contributed by atoms with Gasteiger partial charge in [0.05, 0.1) is 18.8 Å². The average Bonchev–Trinajstić information content (AvgIpc) is 3.23. The Morgan fingerprint density at radius 1 is 1.07 bits per heavy atom. The Labute approximate surface area is 182 Å². The molecule has 2 N–H and O–H groups in total. The van der Waals surface area contributed by atoms with E-state index in [1.165, 1.54) is 32.2 Å². The van der Waals surface area contributed by atoms with Crippen LogP contribution < -0.4 is 4.74 Å². The van der Waals surface area contributed by atoms with Gasteiger partial charge in [-0.05, 0) is 96.0 Å². The molecule has 4 heteroatoms. The fraction of sp³-hybridized carbons (Fsp3) is 0.692. The molecule has 0 bridgehead atoms. The molecule has 0 unspecified atom stereocenters. The largest absolute Gasteiger partial charge is 0.494 e. The first-order chi connectivity index (χ1) is 14.5. The van der Waals surface area contributed by atoms with Gasteiger partial charge in [0.2, 0.25) is 0 Å². The number of benzene rings is 1. The summed E-state index contributed by atoms with van der Waals surface area (Å²) in [5, 5.41) is 21.4. The molecule has 0 amide bonds. The van der Waals surface area contributed by atoms with E-state index in [0.717, 1.165) is 37.9 Å². The third kappa shape index (κ3) is 6.83. The first-order valence-electron chi connectivity index (χ1n) is 11.9. The quantitative estimate of drug-likeness (QED) is 0.363. The second kappa shape index (κ2) is 11.9. The van der Waals surface area contributed by atoms with Crippen molar-refractivity contribution in [1.29, 1.82) is 0 Å². The summed E-state index contributed by atoms with van der Waals surface area (Å²) in [5.41, 5.74) is 1.57. The van der Waals surface area contributed by atoms with Crippen LogP contribution in [-0.4, -0.2) is 54.6 Å². The number of fused-ring (bicyclic) bond motifs is 1. The summed E-state index contributed by atoms with van der Waals surface area (Å²) in [6.45, 7) is 1.84. The topological polar surface area (TPSA) is 52.9 Å². The van der Waals surface area contributed by atoms with Crippen molar-refractivity contribution in [3.8, 4) is 5.75 Å². The minimum Gasteiger partial charge on any atom is -0.494 e. The van der Waals surface area contributed by atoms with Gasteiger partial charge in [0.15, 0.2) is 0 Å². The van der Waals surface area contributed by atoms with Crippen LogP contribution in [0.15, 0.2) is 42.0 Å². The molecule has 30 heavy (non-hydrogen) atoms. The van der Waals surface area contributed by atoms with E-state index in [1.807, 2.05) is 30.3 Å². The molecular weight excluding hydrogens is 374 g/mol. The van der Waals surface area contributed by atoms with Gasteiger partial charge in [-0.1, -0.05) is 36.3 Å². The SMILES string of the molecule is CN(C)CCCCCC1=C[C@H]2C[C@@H](O)[C@H]([C@H](O)CCCCOc3ccccc3)[C@H]2C1. The summed E-state index contributed by atoms with van der Waals surface area (Å²) in [7, 11) is 4.27. The monoisotopic (exact) mass is 415 g/mol. The number of hydrogen-bond acceptors (Lipinski definition) is 4. The summed E-state index contributed by atoms with van der Waals surface area (Å²) in [5.74, 6) is 1.84. The molecule has 3 rings (SSSR count). The van der Waals surface area contributed by atoms with Gasteiger partial charge in [0.1, 0.15) is 5.75 Å². The molecule has 1 aromatic carbocycles. The number of hydrogen-bond donors (Lipinski definition) is 2. The van der Waals surface area contributed by atoms with Crippen LogP contribution in [0.5, 0.6) is 5.75 Å². The Hall–Kier alpha value is -1.36. The van der Waals surface area contributed by atoms with E-state index in [-0.39, 0.29) is 12.0 Å². The van der Waals surface area contributed by atoms with E-state index < -0.39 is 6.10 Å². The molecule has 5 atom stereocenters. The van der Waals surface area contributed by atoms with E-state index in [2.05, 4.69) is 25.1 Å². The summed E-state index contributed by atoms with van der Waals surface area (Å²) >= 11 is 0. The zero-order chi connectivity index (χ0) is 21.3. The Bertz CT molecular complexity index is 645. The van der Waals surface area contributed by atoms with Crippen LogP contribution in [0.2, 0.25) is 0 Å². The van der Waals surface area contributed by atoms with Crippen molar-refractivity contribution in [3.05, 3.63) is 42.0 Å². The number of para-hydroxylation sites is 1. The normalized spacial score (nSPS) is 26.6. The first-order valence-corrected chi connectivity index (χ1v) is 11.9. The zero-order valence-electron chi connectivity index (χ0n) is 18.9. The summed E-state index contributed by atoms with van der Waals surface area (Å²) < 4.78 is 5.74. The Morgan fingerprint density at radius 2 is 1.87 bits per heavy atom. The molecule has 1 saturated carbocycles. The zero-order valence-corrected chi connectivity index (χ0v) is 18.9. The fourth-order valence-corrected chi connectivity index (χ4v) is 5.37. The Morgan fingerprint density at radius 3 is 2.63 bits per heavy atom. The predicted octanol–water partition coefficient (Wildman–Crippen LogP) is 4.66. The maximum atomic E-state index is 10.8. The van der Waals surface area contributed by atoms with Gasteiger partial charge >= 0.3 is 0 Å². The molecular formula is C26H41NO3. The molecule has 4 nitrogen and oxygen atoms in total. The van der Waals surface area contributed by atoms with Crippen LogP contribution in [0.1, 0.15) is 57.8 Å². The highest BCUT2D eigenvalue weighted by atomic mass is 16.5. The van der Waals surface area contributed by atoms with Crippen LogP contribution in [0, 0.1) is 17.8 Å². The number of rotatable bonds is 13. The van der Waals surface area contributed by atoms with Gasteiger partial charge in [0.25, 0.3) is 0 Å². The van der Waals surface area contributed by atoms with Gasteiger partial charge in [-0.2, -0.15) is 0 Å². The van der Waals surface area contributed by atoms with Gasteiger partial charge in [-0.15, -0.1) is 0 Å². The van der Waals surface area contributed by atoms with Crippen LogP contribution >= 0.6 is 0 Å². The lowest BCUT2D eigenvalue weighted by Gasteiger charge is -2.27. The molecule has 0 aliphatic heterocycles. The second-order valence-corrected chi connectivity index (χ2v) is 9.58. The van der Waals surface area contributed by atoms with Gasteiger partial charge < -0.3 is 19.8 Å². The summed E-state index contributed by atoms with van der Waals surface area (Å²) in [4.78, 5) is 2.25. The maximum absolute atomic E-state index is 10.8. The summed E-state index contributed by atoms with van der Waals surface area (Å²) in [6, 6.07) is 9.88. The molecule has 1 fully saturated rings. The molecule has 2 aliphatic carbocycles. The highest BCUT2D eigenvalue weighted by molar-refractivity contribution is 5.21. The van der Waals surface area contributed by atoms with Gasteiger partial charge in [-0.3, -0.25) is 0 Å². The van der Waals surface area contributed by atoms with E-state index in [9.17, 15) is 10.2 Å². The molecule has 0 spiro atoms. The number of allylic oxidation sites excluding steroid dienone is 2. The van der Waals surface area contributed by atoms with E-state index in [1.54, 1.807) is 5.57 Å². The van der Waals surface area contributed by atoms with Crippen molar-refractivity contribution in [3.63, 3.8) is 0 Å².